The Balaban J connectivity index is 0.000000136. The zero-order valence-electron chi connectivity index (χ0n) is 30.2. The molecule has 12 atom stereocenters. The molecule has 0 aliphatic heterocycles. The topological polar surface area (TPSA) is 34.5 Å². The Bertz CT molecular complexity index is 2930. The van der Waals surface area contributed by atoms with Crippen LogP contribution in [0.2, 0.25) is 20.1 Å². The van der Waals surface area contributed by atoms with E-state index in [9.17, 15) is 0 Å². The van der Waals surface area contributed by atoms with Gasteiger partial charge in [-0.3, -0.25) is 0 Å². The van der Waals surface area contributed by atoms with Gasteiger partial charge < -0.3 is 9.69 Å². The third kappa shape index (κ3) is 11.6. The normalized spacial score (nSPS) is 14.6. The molecular weight excluding hydrogens is 1120 g/mol. The first-order valence-corrected chi connectivity index (χ1v) is 46.2. The standard InChI is InChI=1S/C19H12Cl2N2.C13H7BrCl2N2.C6H10P12.CH4/c1-22-19(18-14(20)9-5-10-15(18)21)17-12-6-11-16(23-17)13-7-3-2-4-8-13;1-17-13(10-6-3-7-11(14)18-10)12-8(15)4-2-5-9(12)16;1-2-4-6(5-3-1)12-17(14-9-10-14)18(12)16-11-15(16)13-7-8-13;/h2-12,19H;2-7,13H;1-5,7-11H;1H4. The van der Waals surface area contributed by atoms with E-state index in [1.54, 1.807) is 56.1 Å². The molecule has 0 saturated carbocycles. The number of hydrogen-bond acceptors (Lipinski definition) is 2. The molecule has 60 heavy (non-hydrogen) atoms. The highest BCUT2D eigenvalue weighted by atomic mass is 79.9. The lowest BCUT2D eigenvalue weighted by Crippen LogP contribution is -2.02. The van der Waals surface area contributed by atoms with Crippen molar-refractivity contribution >= 4 is 146 Å². The molecule has 0 aliphatic carbocycles. The van der Waals surface area contributed by atoms with Gasteiger partial charge in [0, 0.05) is 10.9 Å². The van der Waals surface area contributed by atoms with Crippen LogP contribution in [0, 0.1) is 13.1 Å². The summed E-state index contributed by atoms with van der Waals surface area (Å²) in [6.45, 7) is 19.8. The Kier molecular flexibility index (Phi) is 17.4. The summed E-state index contributed by atoms with van der Waals surface area (Å²) in [6.07, 6.45) is 0. The van der Waals surface area contributed by atoms with Crippen LogP contribution in [0.3, 0.4) is 0 Å². The van der Waals surface area contributed by atoms with Crippen LogP contribution in [0.25, 0.3) is 26.3 Å². The second-order valence-electron chi connectivity index (χ2n) is 12.4. The van der Waals surface area contributed by atoms with Crippen molar-refractivity contribution in [3.05, 3.63) is 204 Å². The lowest BCUT2D eigenvalue weighted by molar-refractivity contribution is 0.941. The number of hydrogen-bond donors (Lipinski definition) is 0. The number of rotatable bonds is 9. The molecule has 0 bridgehead atoms. The van der Waals surface area contributed by atoms with Crippen molar-refractivity contribution in [3.63, 3.8) is 0 Å². The average molecular weight is 1150 g/mol. The first-order valence-electron chi connectivity index (χ1n) is 17.5. The van der Waals surface area contributed by atoms with E-state index in [0.717, 1.165) is 31.0 Å². The molecule has 0 amide bonds. The molecule has 4 nitrogen and oxygen atoms in total. The maximum absolute atomic E-state index is 7.57. The molecule has 0 saturated heterocycles. The van der Waals surface area contributed by atoms with Crippen molar-refractivity contribution in [2.45, 2.75) is 19.5 Å². The smallest absolute Gasteiger partial charge is 0.293 e. The Hall–Kier alpha value is -0.600. The van der Waals surface area contributed by atoms with E-state index in [4.69, 9.17) is 59.5 Å². The van der Waals surface area contributed by atoms with Crippen LogP contribution in [-0.4, -0.2) is 9.97 Å². The molecule has 0 radical (unpaired) electrons. The maximum atomic E-state index is 7.57. The van der Waals surface area contributed by atoms with Gasteiger partial charge in [0.1, 0.15) is 16.0 Å². The molecule has 6 heterocycles. The number of halogens is 5. The lowest BCUT2D eigenvalue weighted by Gasteiger charge is -2.10. The van der Waals surface area contributed by atoms with Crippen LogP contribution in [0.15, 0.2) is 138 Å². The molecule has 0 spiro atoms. The highest BCUT2D eigenvalue weighted by Crippen LogP contribution is 3.19. The molecule has 0 aliphatic rings. The van der Waals surface area contributed by atoms with Crippen molar-refractivity contribution in [1.29, 1.82) is 0 Å². The first kappa shape index (κ1) is 47.4. The van der Waals surface area contributed by atoms with Crippen LogP contribution >= 0.6 is 146 Å². The summed E-state index contributed by atoms with van der Waals surface area (Å²) in [5.41, 5.74) is 4.28. The van der Waals surface area contributed by atoms with Crippen LogP contribution < -0.4 is 0 Å². The summed E-state index contributed by atoms with van der Waals surface area (Å²) >= 11 is 28.0. The van der Waals surface area contributed by atoms with Crippen LogP contribution in [-0.2, 0) is 0 Å². The molecule has 0 fully saturated rings. The maximum Gasteiger partial charge on any atom is 0.293 e. The van der Waals surface area contributed by atoms with Gasteiger partial charge in [0.05, 0.1) is 36.9 Å². The lowest BCUT2D eigenvalue weighted by atomic mass is 10.0. The van der Waals surface area contributed by atoms with E-state index < -0.39 is 12.1 Å². The van der Waals surface area contributed by atoms with Crippen LogP contribution in [0.4, 0.5) is 0 Å². The highest BCUT2D eigenvalue weighted by molar-refractivity contribution is 9.22. The Morgan fingerprint density at radius 3 is 1.52 bits per heavy atom. The van der Waals surface area contributed by atoms with E-state index in [0.29, 0.717) is 73.8 Å². The summed E-state index contributed by atoms with van der Waals surface area (Å²) in [6, 6.07) is 41.9. The minimum atomic E-state index is -0.625. The van der Waals surface area contributed by atoms with E-state index >= 15 is 0 Å². The van der Waals surface area contributed by atoms with Gasteiger partial charge in [0.2, 0.25) is 0 Å². The van der Waals surface area contributed by atoms with Gasteiger partial charge >= 0.3 is 0 Å². The van der Waals surface area contributed by atoms with E-state index in [-0.39, 0.29) is 7.43 Å². The van der Waals surface area contributed by atoms with Crippen molar-refractivity contribution in [1.82, 2.24) is 9.97 Å². The summed E-state index contributed by atoms with van der Waals surface area (Å²) in [7, 11) is 7.59. The zero-order valence-corrected chi connectivity index (χ0v) is 46.0. The molecule has 0 N–H and O–H groups in total. The van der Waals surface area contributed by atoms with Gasteiger partial charge in [0.15, 0.2) is 0 Å². The van der Waals surface area contributed by atoms with Gasteiger partial charge in [-0.25, -0.2) is 23.1 Å². The molecule has 304 valence electrons. The van der Waals surface area contributed by atoms with E-state index in [1.165, 1.54) is 30.2 Å². The number of nitrogens with zero attached hydrogens (tertiary/aromatic N) is 4. The predicted octanol–water partition coefficient (Wildman–Crippen LogP) is 22.5. The molecule has 10 aromatic rings. The van der Waals surface area contributed by atoms with Gasteiger partial charge in [0.25, 0.3) is 12.1 Å². The molecule has 21 heteroatoms. The first-order chi connectivity index (χ1) is 28.8. The summed E-state index contributed by atoms with van der Waals surface area (Å²) in [5, 5.41) is 3.75. The minimum absolute atomic E-state index is 0. The average Bonchev–Trinajstić information content (AvgIpc) is 4.03. The summed E-state index contributed by atoms with van der Waals surface area (Å²) < 4.78 is 0.678. The fourth-order valence-corrected chi connectivity index (χ4v) is 225. The fraction of sp³-hybridized carbons (Fsp3) is 0.0769. The summed E-state index contributed by atoms with van der Waals surface area (Å²) in [4.78, 5) is 16.2. The van der Waals surface area contributed by atoms with E-state index in [2.05, 4.69) is 65.9 Å². The Morgan fingerprint density at radius 2 is 1.02 bits per heavy atom. The van der Waals surface area contributed by atoms with Crippen molar-refractivity contribution in [2.75, 3.05) is 0 Å². The molecule has 6 aromatic heterocycles. The van der Waals surface area contributed by atoms with Crippen molar-refractivity contribution in [2.24, 2.45) is 0 Å². The van der Waals surface area contributed by atoms with Gasteiger partial charge in [-0.2, -0.15) is 0 Å². The monoisotopic (exact) mass is 1150 g/mol. The van der Waals surface area contributed by atoms with Crippen molar-refractivity contribution in [3.8, 4) is 16.6 Å². The second-order valence-corrected chi connectivity index (χ2v) is 78.8. The third-order valence-electron chi connectivity index (χ3n) is 8.68. The number of benzene rings is 4. The Morgan fingerprint density at radius 1 is 0.533 bits per heavy atom. The van der Waals surface area contributed by atoms with Crippen LogP contribution in [0.5, 0.6) is 0 Å². The highest BCUT2D eigenvalue weighted by Gasteiger charge is 2.34. The fourth-order valence-electron chi connectivity index (χ4n) is 5.79. The molecular formula is C39H33BrCl4N4P12. The SMILES string of the molecule is C.[C-]#[N+]C(c1cccc(-c2ccccc2)n1)c1c(Cl)cccc1Cl.[C-]#[N+]C(c1cccc(Br)n1)c1c(Cl)cccc1Cl.c1ccc(-p2p(-p3[pH][pH]3)p2-p2[pH]p2-p2[pH][pH]2)cc1. The predicted molar refractivity (Wildman–Crippen MR) is 294 cm³/mol. The van der Waals surface area contributed by atoms with E-state index in [1.807, 2.05) is 59.9 Å². The van der Waals surface area contributed by atoms with Crippen molar-refractivity contribution < 1.29 is 0 Å². The third-order valence-corrected chi connectivity index (χ3v) is 121. The summed E-state index contributed by atoms with van der Waals surface area (Å²) in [5.74, 6) is 0. The molecule has 4 aromatic carbocycles. The molecule has 10 rings (SSSR count). The van der Waals surface area contributed by atoms with Gasteiger partial charge in [-0.05, 0) is 111 Å². The quantitative estimate of drug-likeness (QED) is 0.107. The van der Waals surface area contributed by atoms with Gasteiger partial charge in [-0.15, -0.1) is 0 Å². The van der Waals surface area contributed by atoms with Crippen LogP contribution in [0.1, 0.15) is 42.0 Å². The second kappa shape index (κ2) is 22.1. The van der Waals surface area contributed by atoms with Gasteiger partial charge in [-0.1, -0.05) is 176 Å². The zero-order chi connectivity index (χ0) is 41.0. The largest absolute Gasteiger partial charge is 0.301 e. The number of aromatic nitrogens is 2. The minimum Gasteiger partial charge on any atom is -0.301 e. The Labute approximate surface area is 392 Å². The molecule has 12 unspecified atom stereocenters. The number of pyridine rings is 2.